The molecule has 0 saturated carbocycles. The van der Waals surface area contributed by atoms with Crippen LogP contribution in [-0.2, 0) is 42.0 Å². The summed E-state index contributed by atoms with van der Waals surface area (Å²) in [7, 11) is 7.19. The number of nitrogens with zero attached hydrogens (tertiary/aromatic N) is 2. The predicted octanol–water partition coefficient (Wildman–Crippen LogP) is 2.55. The van der Waals surface area contributed by atoms with Crippen LogP contribution in [0.15, 0.2) is 35.4 Å². The molecule has 2 rings (SSSR count). The number of rotatable bonds is 2. The van der Waals surface area contributed by atoms with Crippen molar-refractivity contribution in [1.29, 1.82) is 0 Å². The fourth-order valence-corrected chi connectivity index (χ4v) is 7.13. The van der Waals surface area contributed by atoms with Gasteiger partial charge in [0.25, 0.3) is 0 Å². The summed E-state index contributed by atoms with van der Waals surface area (Å²) >= 11 is 0. The van der Waals surface area contributed by atoms with Crippen molar-refractivity contribution in [2.45, 2.75) is 5.37 Å². The van der Waals surface area contributed by atoms with Gasteiger partial charge in [-0.2, -0.15) is 5.10 Å². The maximum atomic E-state index is 4.28. The summed E-state index contributed by atoms with van der Waals surface area (Å²) in [6.45, 7) is 4.11. The molecule has 1 radical (unpaired) electrons. The summed E-state index contributed by atoms with van der Waals surface area (Å²) in [6.07, 6.45) is 1.92. The van der Waals surface area contributed by atoms with Gasteiger partial charge in [-0.1, -0.05) is 30.3 Å². The Morgan fingerprint density at radius 3 is 2.59 bits per heavy atom. The fraction of sp³-hybridized carbons (Fsp3) is 0.273. The molecule has 0 saturated heterocycles. The minimum absolute atomic E-state index is 0. The van der Waals surface area contributed by atoms with Gasteiger partial charge in [0, 0.05) is 39.8 Å². The van der Waals surface area contributed by atoms with Crippen LogP contribution in [-0.4, -0.2) is 23.6 Å². The Hall–Kier alpha value is 0.744. The average molecular weight is 357 g/mol. The zero-order valence-electron chi connectivity index (χ0n) is 9.65. The Balaban J connectivity index is 0.00000144. The molecule has 2 atom stereocenters. The second kappa shape index (κ2) is 7.36. The normalized spacial score (nSPS) is 24.7. The molecule has 0 bridgehead atoms. The minimum Gasteiger partial charge on any atom is -0.399 e. The zero-order valence-corrected chi connectivity index (χ0v) is 15.2. The quantitative estimate of drug-likeness (QED) is 0.451. The molecule has 1 aliphatic heterocycles. The maximum absolute atomic E-state index is 4.28. The van der Waals surface area contributed by atoms with Gasteiger partial charge < -0.3 is 21.2 Å². The summed E-state index contributed by atoms with van der Waals surface area (Å²) in [5.74, 6) is 0.266. The van der Waals surface area contributed by atoms with Gasteiger partial charge in [0.1, 0.15) is 0 Å². The van der Waals surface area contributed by atoms with Gasteiger partial charge in [0.05, 0.1) is 0 Å². The van der Waals surface area contributed by atoms with E-state index in [4.69, 9.17) is 0 Å². The molecule has 0 aliphatic carbocycles. The molecule has 0 amide bonds. The van der Waals surface area contributed by atoms with Crippen LogP contribution in [0.25, 0.3) is 0 Å². The van der Waals surface area contributed by atoms with E-state index >= 15 is 0 Å². The van der Waals surface area contributed by atoms with E-state index in [0.29, 0.717) is 5.37 Å². The van der Waals surface area contributed by atoms with E-state index in [9.17, 15) is 0 Å². The van der Waals surface area contributed by atoms with Gasteiger partial charge in [-0.3, -0.25) is 8.02 Å². The molecule has 1 heterocycles. The molecule has 89 valence electrons. The van der Waals surface area contributed by atoms with E-state index in [1.807, 2.05) is 24.3 Å². The van der Waals surface area contributed by atoms with Crippen molar-refractivity contribution in [3.63, 3.8) is 0 Å². The molecule has 2 unspecified atom stereocenters. The predicted molar refractivity (Wildman–Crippen MR) is 77.6 cm³/mol. The van der Waals surface area contributed by atoms with Crippen molar-refractivity contribution < 1.29 is 32.7 Å². The third-order valence-electron chi connectivity index (χ3n) is 2.36. The summed E-state index contributed by atoms with van der Waals surface area (Å²) in [6, 6.07) is 10.5. The number of hydrogen-bond acceptors (Lipinski definition) is 3. The molecule has 0 fully saturated rings. The second-order valence-electron chi connectivity index (χ2n) is 3.63. The zero-order chi connectivity index (χ0) is 11.5. The molecular formula is C11H14N2P2SY-2. The molecule has 0 N–H and O–H groups in total. The molecule has 6 heteroatoms. The third-order valence-corrected chi connectivity index (χ3v) is 7.60. The summed E-state index contributed by atoms with van der Waals surface area (Å²) < 4.78 is 0. The van der Waals surface area contributed by atoms with Crippen molar-refractivity contribution in [3.05, 3.63) is 37.3 Å². The first-order chi connectivity index (χ1) is 7.68. The molecule has 1 aliphatic rings. The van der Waals surface area contributed by atoms with Gasteiger partial charge >= 0.3 is 0 Å². The molecule has 1 aromatic carbocycles. The van der Waals surface area contributed by atoms with Crippen molar-refractivity contribution in [1.82, 2.24) is 5.01 Å². The van der Waals surface area contributed by atoms with Crippen LogP contribution in [0.5, 0.6) is 0 Å². The molecule has 17 heavy (non-hydrogen) atoms. The summed E-state index contributed by atoms with van der Waals surface area (Å²) in [5, 5.41) is 7.97. The molecule has 0 aromatic heterocycles. The Kier molecular flexibility index (Phi) is 6.84. The van der Waals surface area contributed by atoms with Crippen molar-refractivity contribution in [2.75, 3.05) is 7.05 Å². The Labute approximate surface area is 133 Å². The van der Waals surface area contributed by atoms with Crippen LogP contribution < -0.4 is 5.30 Å². The van der Waals surface area contributed by atoms with Crippen LogP contribution in [0, 0.1) is 12.8 Å². The van der Waals surface area contributed by atoms with E-state index < -0.39 is 0 Å². The Morgan fingerprint density at radius 2 is 2.06 bits per heavy atom. The fourth-order valence-electron chi connectivity index (χ4n) is 1.57. The number of hydrogen-bond donors (Lipinski definition) is 0. The first-order valence-electron chi connectivity index (χ1n) is 5.00. The summed E-state index contributed by atoms with van der Waals surface area (Å²) in [4.78, 5) is 0. The van der Waals surface area contributed by atoms with Gasteiger partial charge in [0.15, 0.2) is 0 Å². The topological polar surface area (TPSA) is 15.6 Å². The molecule has 2 nitrogen and oxygen atoms in total. The standard InChI is InChI=1S/C11H14N2P2S.Y/c1-9-8-12-13(2)11(9)16(14)15-10-6-4-3-5-7-10;/h3-9,11,14H,1H2,2H3;/q-2;. The van der Waals surface area contributed by atoms with Crippen LogP contribution in [0.4, 0.5) is 0 Å². The van der Waals surface area contributed by atoms with E-state index in [2.05, 4.69) is 44.3 Å². The van der Waals surface area contributed by atoms with Gasteiger partial charge in [-0.05, 0) is 16.9 Å². The van der Waals surface area contributed by atoms with Gasteiger partial charge in [-0.15, -0.1) is 5.92 Å². The Bertz CT molecular complexity index is 460. The maximum Gasteiger partial charge on any atom is 0.0228 e. The minimum atomic E-state index is 0. The van der Waals surface area contributed by atoms with Crippen LogP contribution >= 0.6 is 15.4 Å². The third kappa shape index (κ3) is 4.11. The first-order valence-corrected chi connectivity index (χ1v) is 9.01. The molecular weight excluding hydrogens is 343 g/mol. The van der Waals surface area contributed by atoms with E-state index in [1.54, 1.807) is 0 Å². The van der Waals surface area contributed by atoms with Crippen molar-refractivity contribution in [3.8, 4) is 0 Å². The number of hydrazone groups is 1. The van der Waals surface area contributed by atoms with E-state index in [1.165, 1.54) is 12.7 Å². The van der Waals surface area contributed by atoms with E-state index in [-0.39, 0.29) is 47.9 Å². The largest absolute Gasteiger partial charge is 0.399 e. The van der Waals surface area contributed by atoms with Crippen molar-refractivity contribution in [2.24, 2.45) is 11.0 Å². The smallest absolute Gasteiger partial charge is 0.0228 e. The summed E-state index contributed by atoms with van der Waals surface area (Å²) in [5.41, 5.74) is 0. The second-order valence-corrected chi connectivity index (χ2v) is 9.52. The SMILES string of the molecule is [CH2-]C1C=NN(C)C1[S-](=P)=Pc1ccccc1.[Y]. The molecule has 1 aromatic rings. The van der Waals surface area contributed by atoms with Crippen molar-refractivity contribution >= 4 is 36.1 Å². The van der Waals surface area contributed by atoms with Crippen LogP contribution in [0.3, 0.4) is 0 Å². The average Bonchev–Trinajstić information content (AvgIpc) is 2.60. The van der Waals surface area contributed by atoms with Crippen LogP contribution in [0.1, 0.15) is 0 Å². The van der Waals surface area contributed by atoms with Gasteiger partial charge in [0.2, 0.25) is 0 Å². The first kappa shape index (κ1) is 15.8. The van der Waals surface area contributed by atoms with Gasteiger partial charge in [-0.25, -0.2) is 7.36 Å². The number of benzene rings is 1. The Morgan fingerprint density at radius 1 is 1.41 bits per heavy atom. The van der Waals surface area contributed by atoms with Crippen LogP contribution in [0.2, 0.25) is 0 Å². The monoisotopic (exact) mass is 357 g/mol. The molecule has 0 spiro atoms. The van der Waals surface area contributed by atoms with E-state index in [0.717, 1.165) is 0 Å².